The van der Waals surface area contributed by atoms with Crippen LogP contribution in [0.25, 0.3) is 0 Å². The summed E-state index contributed by atoms with van der Waals surface area (Å²) in [5.41, 5.74) is -0.513. The van der Waals surface area contributed by atoms with Gasteiger partial charge >= 0.3 is 0 Å². The van der Waals surface area contributed by atoms with Gasteiger partial charge in [0.2, 0.25) is 0 Å². The molecule has 1 aliphatic heterocycles. The Balaban J connectivity index is 2.22. The largest absolute Gasteiger partial charge is 0.388 e. The molecule has 2 nitrogen and oxygen atoms in total. The van der Waals surface area contributed by atoms with Crippen molar-refractivity contribution >= 4 is 11.8 Å². The van der Waals surface area contributed by atoms with Crippen LogP contribution in [0, 0.1) is 11.8 Å². The summed E-state index contributed by atoms with van der Waals surface area (Å²) in [5, 5.41) is 10.0. The van der Waals surface area contributed by atoms with E-state index in [-0.39, 0.29) is 0 Å². The van der Waals surface area contributed by atoms with Crippen molar-refractivity contribution in [3.8, 4) is 0 Å². The SMILES string of the molecule is CSCC(C)(O)CN1CC(C(C)C)C1. The highest BCUT2D eigenvalue weighted by molar-refractivity contribution is 7.98. The first kappa shape index (κ1) is 12.3. The fourth-order valence-corrected chi connectivity index (χ4v) is 2.71. The molecular weight excluding hydrogens is 194 g/mol. The van der Waals surface area contributed by atoms with E-state index in [9.17, 15) is 5.11 Å². The van der Waals surface area contributed by atoms with E-state index < -0.39 is 5.60 Å². The van der Waals surface area contributed by atoms with Gasteiger partial charge in [-0.15, -0.1) is 0 Å². The number of nitrogens with zero attached hydrogens (tertiary/aromatic N) is 1. The number of β-amino-alcohol motifs (C(OH)–C–C–N with tert-alkyl or cyclic N) is 1. The lowest BCUT2D eigenvalue weighted by Crippen LogP contribution is -2.54. The first-order valence-electron chi connectivity index (χ1n) is 5.38. The normalized spacial score (nSPS) is 23.6. The van der Waals surface area contributed by atoms with Crippen molar-refractivity contribution in [1.29, 1.82) is 0 Å². The summed E-state index contributed by atoms with van der Waals surface area (Å²) in [6.45, 7) is 9.66. The Morgan fingerprint density at radius 1 is 1.50 bits per heavy atom. The minimum Gasteiger partial charge on any atom is -0.388 e. The number of hydrogen-bond acceptors (Lipinski definition) is 3. The zero-order valence-electron chi connectivity index (χ0n) is 9.79. The van der Waals surface area contributed by atoms with Crippen molar-refractivity contribution in [3.05, 3.63) is 0 Å². The summed E-state index contributed by atoms with van der Waals surface area (Å²) >= 11 is 1.72. The quantitative estimate of drug-likeness (QED) is 0.758. The van der Waals surface area contributed by atoms with E-state index in [1.54, 1.807) is 11.8 Å². The lowest BCUT2D eigenvalue weighted by molar-refractivity contribution is -0.0157. The Morgan fingerprint density at radius 2 is 2.07 bits per heavy atom. The van der Waals surface area contributed by atoms with Gasteiger partial charge in [0.1, 0.15) is 0 Å². The topological polar surface area (TPSA) is 23.5 Å². The van der Waals surface area contributed by atoms with E-state index in [0.717, 1.165) is 24.1 Å². The lowest BCUT2D eigenvalue weighted by atomic mass is 9.87. The van der Waals surface area contributed by atoms with Crippen LogP contribution in [0.4, 0.5) is 0 Å². The molecule has 0 spiro atoms. The molecule has 0 bridgehead atoms. The predicted molar refractivity (Wildman–Crippen MR) is 63.8 cm³/mol. The Hall–Kier alpha value is 0.270. The minimum atomic E-state index is -0.513. The Bertz CT molecular complexity index is 176. The van der Waals surface area contributed by atoms with Crippen LogP contribution in [0.3, 0.4) is 0 Å². The van der Waals surface area contributed by atoms with E-state index in [1.807, 2.05) is 13.2 Å². The molecule has 0 saturated carbocycles. The van der Waals surface area contributed by atoms with Crippen molar-refractivity contribution in [2.75, 3.05) is 31.6 Å². The number of thioether (sulfide) groups is 1. The Kier molecular flexibility index (Phi) is 4.29. The smallest absolute Gasteiger partial charge is 0.0835 e. The summed E-state index contributed by atoms with van der Waals surface area (Å²) in [7, 11) is 0. The van der Waals surface area contributed by atoms with Gasteiger partial charge in [0, 0.05) is 25.4 Å². The van der Waals surface area contributed by atoms with E-state index >= 15 is 0 Å². The highest BCUT2D eigenvalue weighted by Crippen LogP contribution is 2.25. The Morgan fingerprint density at radius 3 is 2.50 bits per heavy atom. The fraction of sp³-hybridized carbons (Fsp3) is 1.00. The van der Waals surface area contributed by atoms with Crippen LogP contribution >= 0.6 is 11.8 Å². The predicted octanol–water partition coefficient (Wildman–Crippen LogP) is 1.69. The molecule has 1 fully saturated rings. The second-order valence-corrected chi connectivity index (χ2v) is 5.99. The number of hydrogen-bond donors (Lipinski definition) is 1. The van der Waals surface area contributed by atoms with Crippen LogP contribution in [0.15, 0.2) is 0 Å². The maximum absolute atomic E-state index is 10.0. The second-order valence-electron chi connectivity index (χ2n) is 5.13. The molecule has 14 heavy (non-hydrogen) atoms. The van der Waals surface area contributed by atoms with Gasteiger partial charge in [-0.3, -0.25) is 4.90 Å². The molecule has 0 aromatic heterocycles. The summed E-state index contributed by atoms with van der Waals surface area (Å²) < 4.78 is 0. The van der Waals surface area contributed by atoms with Crippen LogP contribution < -0.4 is 0 Å². The van der Waals surface area contributed by atoms with Crippen LogP contribution in [0.2, 0.25) is 0 Å². The monoisotopic (exact) mass is 217 g/mol. The van der Waals surface area contributed by atoms with Crippen LogP contribution in [-0.4, -0.2) is 47.3 Å². The van der Waals surface area contributed by atoms with Gasteiger partial charge in [0.15, 0.2) is 0 Å². The van der Waals surface area contributed by atoms with Crippen molar-refractivity contribution in [1.82, 2.24) is 4.90 Å². The zero-order chi connectivity index (χ0) is 10.8. The molecule has 1 rings (SSSR count). The van der Waals surface area contributed by atoms with Gasteiger partial charge in [0.05, 0.1) is 5.60 Å². The summed E-state index contributed by atoms with van der Waals surface area (Å²) in [5.74, 6) is 2.47. The number of aliphatic hydroxyl groups is 1. The molecule has 0 aliphatic carbocycles. The molecule has 3 heteroatoms. The highest BCUT2D eigenvalue weighted by atomic mass is 32.2. The third-order valence-corrected chi connectivity index (χ3v) is 3.86. The Labute approximate surface area is 92.1 Å². The lowest BCUT2D eigenvalue weighted by Gasteiger charge is -2.44. The average Bonchev–Trinajstić information content (AvgIpc) is 1.95. The van der Waals surface area contributed by atoms with Crippen LogP contribution in [0.1, 0.15) is 20.8 Å². The molecule has 84 valence electrons. The molecule has 1 heterocycles. The van der Waals surface area contributed by atoms with E-state index in [0.29, 0.717) is 0 Å². The van der Waals surface area contributed by atoms with Gasteiger partial charge < -0.3 is 5.11 Å². The molecule has 0 amide bonds. The van der Waals surface area contributed by atoms with Crippen molar-refractivity contribution in [3.63, 3.8) is 0 Å². The zero-order valence-corrected chi connectivity index (χ0v) is 10.6. The van der Waals surface area contributed by atoms with E-state index in [1.165, 1.54) is 13.1 Å². The minimum absolute atomic E-state index is 0.513. The van der Waals surface area contributed by atoms with E-state index in [4.69, 9.17) is 0 Å². The molecule has 1 atom stereocenters. The van der Waals surface area contributed by atoms with Crippen molar-refractivity contribution in [2.24, 2.45) is 11.8 Å². The van der Waals surface area contributed by atoms with Gasteiger partial charge in [-0.1, -0.05) is 13.8 Å². The van der Waals surface area contributed by atoms with Crippen molar-refractivity contribution < 1.29 is 5.11 Å². The van der Waals surface area contributed by atoms with E-state index in [2.05, 4.69) is 18.7 Å². The molecule has 1 saturated heterocycles. The summed E-state index contributed by atoms with van der Waals surface area (Å²) in [4.78, 5) is 2.36. The molecule has 0 aromatic rings. The van der Waals surface area contributed by atoms with Gasteiger partial charge in [-0.2, -0.15) is 11.8 Å². The van der Waals surface area contributed by atoms with Crippen LogP contribution in [0.5, 0.6) is 0 Å². The molecule has 1 unspecified atom stereocenters. The molecular formula is C11H23NOS. The number of rotatable bonds is 5. The molecule has 0 radical (unpaired) electrons. The fourth-order valence-electron chi connectivity index (χ4n) is 2.00. The molecule has 0 aromatic carbocycles. The van der Waals surface area contributed by atoms with Crippen LogP contribution in [-0.2, 0) is 0 Å². The third-order valence-electron chi connectivity index (χ3n) is 2.95. The second kappa shape index (κ2) is 4.86. The first-order chi connectivity index (χ1) is 6.44. The number of likely N-dealkylation sites (tertiary alicyclic amines) is 1. The van der Waals surface area contributed by atoms with Crippen molar-refractivity contribution in [2.45, 2.75) is 26.4 Å². The third kappa shape index (κ3) is 3.44. The maximum atomic E-state index is 10.0. The summed E-state index contributed by atoms with van der Waals surface area (Å²) in [6.07, 6.45) is 2.04. The molecule has 1 N–H and O–H groups in total. The maximum Gasteiger partial charge on any atom is 0.0835 e. The highest BCUT2D eigenvalue weighted by Gasteiger charge is 2.33. The first-order valence-corrected chi connectivity index (χ1v) is 6.77. The summed E-state index contributed by atoms with van der Waals surface area (Å²) in [6, 6.07) is 0. The standard InChI is InChI=1S/C11H23NOS/c1-9(2)10-5-12(6-10)7-11(3,13)8-14-4/h9-10,13H,5-8H2,1-4H3. The molecule has 1 aliphatic rings. The van der Waals surface area contributed by atoms with Gasteiger partial charge in [-0.25, -0.2) is 0 Å². The van der Waals surface area contributed by atoms with Gasteiger partial charge in [-0.05, 0) is 25.0 Å². The average molecular weight is 217 g/mol. The van der Waals surface area contributed by atoms with Gasteiger partial charge in [0.25, 0.3) is 0 Å².